The van der Waals surface area contributed by atoms with E-state index in [2.05, 4.69) is 25.9 Å². The van der Waals surface area contributed by atoms with E-state index in [9.17, 15) is 22.8 Å². The Morgan fingerprint density at radius 1 is 1.25 bits per heavy atom. The van der Waals surface area contributed by atoms with E-state index in [1.165, 1.54) is 37.4 Å². The van der Waals surface area contributed by atoms with Crippen molar-refractivity contribution in [1.82, 2.24) is 20.0 Å². The van der Waals surface area contributed by atoms with Gasteiger partial charge in [0.25, 0.3) is 11.8 Å². The highest BCUT2D eigenvalue weighted by Crippen LogP contribution is 2.35. The number of hydrogen-bond acceptors (Lipinski definition) is 7. The molecule has 32 heavy (non-hydrogen) atoms. The van der Waals surface area contributed by atoms with Crippen molar-refractivity contribution in [2.24, 2.45) is 0 Å². The normalized spacial score (nSPS) is 15.4. The van der Waals surface area contributed by atoms with Crippen molar-refractivity contribution in [1.29, 1.82) is 0 Å². The third kappa shape index (κ3) is 3.91. The molecule has 0 unspecified atom stereocenters. The van der Waals surface area contributed by atoms with Gasteiger partial charge in [0.15, 0.2) is 17.6 Å². The highest BCUT2D eigenvalue weighted by Gasteiger charge is 2.41. The number of amides is 2. The highest BCUT2D eigenvalue weighted by atomic mass is 19.4. The topological polar surface area (TPSA) is 120 Å². The minimum atomic E-state index is -4.92. The minimum absolute atomic E-state index is 0.102. The lowest BCUT2D eigenvalue weighted by Gasteiger charge is -2.23. The predicted molar refractivity (Wildman–Crippen MR) is 104 cm³/mol. The number of carbonyl (C=O) groups is 2. The molecule has 1 aliphatic rings. The molecule has 1 atom stereocenters. The van der Waals surface area contributed by atoms with Gasteiger partial charge in [0, 0.05) is 11.8 Å². The van der Waals surface area contributed by atoms with Gasteiger partial charge in [-0.2, -0.15) is 18.3 Å². The smallest absolute Gasteiger partial charge is 0.434 e. The molecule has 3 heterocycles. The Bertz CT molecular complexity index is 1190. The summed E-state index contributed by atoms with van der Waals surface area (Å²) in [5, 5.41) is 15.9. The summed E-state index contributed by atoms with van der Waals surface area (Å²) in [7, 11) is 1.33. The number of carbonyl (C=O) groups excluding carboxylic acids is 2. The molecule has 2 amide bonds. The number of aromatic nitrogens is 4. The Morgan fingerprint density at radius 3 is 2.69 bits per heavy atom. The second-order valence-electron chi connectivity index (χ2n) is 6.66. The van der Waals surface area contributed by atoms with E-state index in [0.717, 1.165) is 6.20 Å². The SMILES string of the molecule is COc1ccc(-n2ncc(C(=O)Nc3ccc4c(c3)NC(=O)[C@@H](C)O4)c2C(F)(F)F)nn1. The number of nitrogens with zero attached hydrogens (tertiary/aromatic N) is 4. The Balaban J connectivity index is 1.65. The standard InChI is InChI=1S/C19H15F3N6O4/c1-9-17(29)25-12-7-10(3-4-13(12)32-9)24-18(30)11-8-23-28(16(11)19(20,21)22)14-5-6-15(31-2)27-26-14/h3-9H,1-2H3,(H,24,30)(H,25,29)/t9-/m1/s1. The number of methoxy groups -OCH3 is 1. The van der Waals surface area contributed by atoms with Crippen molar-refractivity contribution in [2.45, 2.75) is 19.2 Å². The Morgan fingerprint density at radius 2 is 2.03 bits per heavy atom. The van der Waals surface area contributed by atoms with Gasteiger partial charge in [-0.1, -0.05) is 0 Å². The summed E-state index contributed by atoms with van der Waals surface area (Å²) in [6.45, 7) is 1.57. The van der Waals surface area contributed by atoms with Crippen LogP contribution in [0.1, 0.15) is 23.0 Å². The third-order valence-electron chi connectivity index (χ3n) is 4.50. The van der Waals surface area contributed by atoms with E-state index >= 15 is 0 Å². The van der Waals surface area contributed by atoms with E-state index in [1.807, 2.05) is 0 Å². The molecule has 0 spiro atoms. The van der Waals surface area contributed by atoms with Crippen LogP contribution in [0.25, 0.3) is 5.82 Å². The maximum absolute atomic E-state index is 13.8. The summed E-state index contributed by atoms with van der Waals surface area (Å²) in [6, 6.07) is 6.84. The van der Waals surface area contributed by atoms with Gasteiger partial charge in [-0.25, -0.2) is 4.68 Å². The van der Waals surface area contributed by atoms with Crippen LogP contribution in [-0.4, -0.2) is 45.0 Å². The van der Waals surface area contributed by atoms with Crippen molar-refractivity contribution in [3.05, 3.63) is 47.8 Å². The second-order valence-corrected chi connectivity index (χ2v) is 6.66. The van der Waals surface area contributed by atoms with Gasteiger partial charge in [-0.05, 0) is 31.2 Å². The zero-order valence-corrected chi connectivity index (χ0v) is 16.6. The van der Waals surface area contributed by atoms with Crippen LogP contribution in [0.5, 0.6) is 11.6 Å². The fourth-order valence-corrected chi connectivity index (χ4v) is 2.98. The number of benzene rings is 1. The molecule has 0 saturated heterocycles. The van der Waals surface area contributed by atoms with Gasteiger partial charge in [0.1, 0.15) is 5.75 Å². The Hall–Kier alpha value is -4.16. The molecule has 1 aliphatic heterocycles. The minimum Gasteiger partial charge on any atom is -0.480 e. The van der Waals surface area contributed by atoms with Crippen LogP contribution in [0.15, 0.2) is 36.5 Å². The summed E-state index contributed by atoms with van der Waals surface area (Å²) in [4.78, 5) is 24.4. The largest absolute Gasteiger partial charge is 0.480 e. The van der Waals surface area contributed by atoms with Crippen LogP contribution in [-0.2, 0) is 11.0 Å². The molecule has 2 N–H and O–H groups in total. The fourth-order valence-electron chi connectivity index (χ4n) is 2.98. The lowest BCUT2D eigenvalue weighted by molar-refractivity contribution is -0.143. The van der Waals surface area contributed by atoms with Gasteiger partial charge in [0.05, 0.1) is 24.6 Å². The lowest BCUT2D eigenvalue weighted by atomic mass is 10.2. The lowest BCUT2D eigenvalue weighted by Crippen LogP contribution is -2.34. The average molecular weight is 448 g/mol. The predicted octanol–water partition coefficient (Wildman–Crippen LogP) is 2.66. The average Bonchev–Trinajstić information content (AvgIpc) is 3.21. The number of anilines is 2. The van der Waals surface area contributed by atoms with Gasteiger partial charge < -0.3 is 20.1 Å². The molecule has 0 aliphatic carbocycles. The van der Waals surface area contributed by atoms with Crippen LogP contribution in [0, 0.1) is 0 Å². The number of fused-ring (bicyclic) bond motifs is 1. The molecule has 1 aromatic carbocycles. The van der Waals surface area contributed by atoms with Crippen molar-refractivity contribution in [3.63, 3.8) is 0 Å². The molecule has 3 aromatic rings. The van der Waals surface area contributed by atoms with Crippen LogP contribution in [0.4, 0.5) is 24.5 Å². The summed E-state index contributed by atoms with van der Waals surface area (Å²) in [5.41, 5.74) is -1.61. The number of ether oxygens (including phenoxy) is 2. The summed E-state index contributed by atoms with van der Waals surface area (Å²) in [5.74, 6) is -1.22. The van der Waals surface area contributed by atoms with Crippen LogP contribution < -0.4 is 20.1 Å². The van der Waals surface area contributed by atoms with Gasteiger partial charge >= 0.3 is 6.18 Å². The van der Waals surface area contributed by atoms with Crippen molar-refractivity contribution in [3.8, 4) is 17.4 Å². The van der Waals surface area contributed by atoms with E-state index in [4.69, 9.17) is 9.47 Å². The second kappa shape index (κ2) is 7.83. The van der Waals surface area contributed by atoms with E-state index < -0.39 is 29.4 Å². The van der Waals surface area contributed by atoms with Gasteiger partial charge in [-0.3, -0.25) is 9.59 Å². The summed E-state index contributed by atoms with van der Waals surface area (Å²) in [6.07, 6.45) is -4.82. The molecule has 4 rings (SSSR count). The van der Waals surface area contributed by atoms with Crippen molar-refractivity contribution in [2.75, 3.05) is 17.7 Å². The number of alkyl halides is 3. The maximum atomic E-state index is 13.8. The highest BCUT2D eigenvalue weighted by molar-refractivity contribution is 6.06. The first-order chi connectivity index (χ1) is 15.2. The first-order valence-electron chi connectivity index (χ1n) is 9.13. The monoisotopic (exact) mass is 448 g/mol. The van der Waals surface area contributed by atoms with E-state index in [1.54, 1.807) is 6.92 Å². The van der Waals surface area contributed by atoms with E-state index in [0.29, 0.717) is 10.4 Å². The van der Waals surface area contributed by atoms with Crippen LogP contribution in [0.2, 0.25) is 0 Å². The molecular weight excluding hydrogens is 433 g/mol. The molecule has 0 saturated carbocycles. The number of hydrogen-bond donors (Lipinski definition) is 2. The first-order valence-corrected chi connectivity index (χ1v) is 9.13. The molecule has 166 valence electrons. The first kappa shape index (κ1) is 21.1. The third-order valence-corrected chi connectivity index (χ3v) is 4.50. The number of halogens is 3. The van der Waals surface area contributed by atoms with Crippen molar-refractivity contribution >= 4 is 23.2 Å². The Kier molecular flexibility index (Phi) is 5.16. The fraction of sp³-hybridized carbons (Fsp3) is 0.211. The molecular formula is C19H15F3N6O4. The summed E-state index contributed by atoms with van der Waals surface area (Å²) < 4.78 is 52.1. The number of nitrogens with one attached hydrogen (secondary N) is 2. The zero-order valence-electron chi connectivity index (χ0n) is 16.6. The molecule has 0 radical (unpaired) electrons. The van der Waals surface area contributed by atoms with Crippen LogP contribution in [0.3, 0.4) is 0 Å². The number of rotatable bonds is 4. The Labute approximate surface area is 178 Å². The van der Waals surface area contributed by atoms with Crippen LogP contribution >= 0.6 is 0 Å². The molecule has 0 bridgehead atoms. The van der Waals surface area contributed by atoms with Gasteiger partial charge in [-0.15, -0.1) is 10.2 Å². The molecule has 13 heteroatoms. The quantitative estimate of drug-likeness (QED) is 0.630. The van der Waals surface area contributed by atoms with Crippen molar-refractivity contribution < 1.29 is 32.2 Å². The summed E-state index contributed by atoms with van der Waals surface area (Å²) >= 11 is 0. The molecule has 2 aromatic heterocycles. The van der Waals surface area contributed by atoms with E-state index in [-0.39, 0.29) is 29.0 Å². The maximum Gasteiger partial charge on any atom is 0.434 e. The molecule has 10 nitrogen and oxygen atoms in total. The van der Waals surface area contributed by atoms with Gasteiger partial charge in [0.2, 0.25) is 5.88 Å². The molecule has 0 fully saturated rings. The zero-order chi connectivity index (χ0) is 23.0.